The summed E-state index contributed by atoms with van der Waals surface area (Å²) in [5.74, 6) is 0.603. The number of carbonyl (C=O) groups is 1. The molecule has 0 bridgehead atoms. The summed E-state index contributed by atoms with van der Waals surface area (Å²) in [6.45, 7) is 2.60. The molecule has 0 unspecified atom stereocenters. The fraction of sp³-hybridized carbons (Fsp3) is 0.267. The monoisotopic (exact) mass is 320 g/mol. The smallest absolute Gasteiger partial charge is 0.407 e. The Morgan fingerprint density at radius 1 is 1.32 bits per heavy atom. The molecule has 0 aliphatic rings. The Morgan fingerprint density at radius 2 is 2.09 bits per heavy atom. The Labute approximate surface area is 133 Å². The normalized spacial score (nSPS) is 11.5. The van der Waals surface area contributed by atoms with Crippen molar-refractivity contribution in [1.82, 2.24) is 15.3 Å². The van der Waals surface area contributed by atoms with E-state index in [1.54, 1.807) is 12.3 Å². The fourth-order valence-electron chi connectivity index (χ4n) is 1.71. The molecule has 116 valence electrons. The Morgan fingerprint density at radius 3 is 2.82 bits per heavy atom. The minimum Gasteiger partial charge on any atom is -0.445 e. The summed E-state index contributed by atoms with van der Waals surface area (Å²) < 4.78 is 5.15. The average molecular weight is 321 g/mol. The molecule has 1 heterocycles. The number of alkyl carbamates (subject to hydrolysis) is 1. The highest BCUT2D eigenvalue weighted by Gasteiger charge is 2.08. The lowest BCUT2D eigenvalue weighted by Gasteiger charge is -2.15. The second-order valence-electron chi connectivity index (χ2n) is 4.70. The molecule has 0 aliphatic heterocycles. The molecule has 0 fully saturated rings. The van der Waals surface area contributed by atoms with Gasteiger partial charge in [0, 0.05) is 18.8 Å². The van der Waals surface area contributed by atoms with Crippen LogP contribution < -0.4 is 10.6 Å². The van der Waals surface area contributed by atoms with Crippen LogP contribution in [0.5, 0.6) is 0 Å². The maximum Gasteiger partial charge on any atom is 0.407 e. The molecule has 0 saturated carbocycles. The van der Waals surface area contributed by atoms with Crippen LogP contribution >= 0.6 is 11.6 Å². The van der Waals surface area contributed by atoms with Gasteiger partial charge in [-0.15, -0.1) is 0 Å². The molecular formula is C15H17ClN4O2. The van der Waals surface area contributed by atoms with E-state index < -0.39 is 6.09 Å². The summed E-state index contributed by atoms with van der Waals surface area (Å²) >= 11 is 5.69. The average Bonchev–Trinajstić information content (AvgIpc) is 2.52. The molecule has 6 nitrogen and oxygen atoms in total. The van der Waals surface area contributed by atoms with E-state index in [4.69, 9.17) is 16.3 Å². The first-order valence-corrected chi connectivity index (χ1v) is 7.21. The van der Waals surface area contributed by atoms with E-state index in [0.29, 0.717) is 12.4 Å². The van der Waals surface area contributed by atoms with Crippen molar-refractivity contribution in [2.75, 3.05) is 11.9 Å². The summed E-state index contributed by atoms with van der Waals surface area (Å²) in [7, 11) is 0. The first-order valence-electron chi connectivity index (χ1n) is 6.83. The van der Waals surface area contributed by atoms with Crippen molar-refractivity contribution in [3.63, 3.8) is 0 Å². The number of carbonyl (C=O) groups excluding carboxylic acids is 1. The molecule has 2 rings (SSSR count). The molecule has 22 heavy (non-hydrogen) atoms. The van der Waals surface area contributed by atoms with Gasteiger partial charge in [-0.25, -0.2) is 14.8 Å². The first kappa shape index (κ1) is 16.0. The number of amides is 1. The summed E-state index contributed by atoms with van der Waals surface area (Å²) in [4.78, 5) is 19.5. The summed E-state index contributed by atoms with van der Waals surface area (Å²) in [5, 5.41) is 5.97. The number of hydrogen-bond acceptors (Lipinski definition) is 5. The topological polar surface area (TPSA) is 76.1 Å². The maximum absolute atomic E-state index is 11.7. The molecule has 1 atom stereocenters. The molecule has 2 N–H and O–H groups in total. The van der Waals surface area contributed by atoms with Gasteiger partial charge in [0.2, 0.25) is 5.28 Å². The Kier molecular flexibility index (Phi) is 5.97. The predicted octanol–water partition coefficient (Wildman–Crippen LogP) is 2.86. The highest BCUT2D eigenvalue weighted by Crippen LogP contribution is 2.05. The zero-order valence-electron chi connectivity index (χ0n) is 12.1. The van der Waals surface area contributed by atoms with Crippen LogP contribution in [0, 0.1) is 0 Å². The standard InChI is InChI=1S/C15H17ClN4O2/c1-11(9-18-13-7-8-17-14(16)20-13)19-15(21)22-10-12-5-3-2-4-6-12/h2-8,11H,9-10H2,1H3,(H,19,21)(H,17,18,20)/t11-/m1/s1. The van der Waals surface area contributed by atoms with E-state index in [2.05, 4.69) is 20.6 Å². The van der Waals surface area contributed by atoms with Crippen LogP contribution in [0.1, 0.15) is 12.5 Å². The number of nitrogens with one attached hydrogen (secondary N) is 2. The number of benzene rings is 1. The second-order valence-corrected chi connectivity index (χ2v) is 5.04. The third-order valence-corrected chi connectivity index (χ3v) is 2.97. The number of rotatable bonds is 6. The van der Waals surface area contributed by atoms with Crippen molar-refractivity contribution >= 4 is 23.5 Å². The van der Waals surface area contributed by atoms with Crippen molar-refractivity contribution < 1.29 is 9.53 Å². The largest absolute Gasteiger partial charge is 0.445 e. The van der Waals surface area contributed by atoms with E-state index >= 15 is 0 Å². The molecule has 1 amide bonds. The summed E-state index contributed by atoms with van der Waals surface area (Å²) in [6.07, 6.45) is 1.10. The van der Waals surface area contributed by atoms with Crippen LogP contribution in [-0.2, 0) is 11.3 Å². The van der Waals surface area contributed by atoms with Crippen molar-refractivity contribution in [2.45, 2.75) is 19.6 Å². The van der Waals surface area contributed by atoms with Crippen molar-refractivity contribution in [1.29, 1.82) is 0 Å². The quantitative estimate of drug-likeness (QED) is 0.800. The second kappa shape index (κ2) is 8.19. The van der Waals surface area contributed by atoms with Gasteiger partial charge in [0.25, 0.3) is 0 Å². The SMILES string of the molecule is C[C@H](CNc1ccnc(Cl)n1)NC(=O)OCc1ccccc1. The number of ether oxygens (including phenoxy) is 1. The maximum atomic E-state index is 11.7. The zero-order chi connectivity index (χ0) is 15.8. The van der Waals surface area contributed by atoms with E-state index in [1.807, 2.05) is 37.3 Å². The lowest BCUT2D eigenvalue weighted by Crippen LogP contribution is -2.37. The van der Waals surface area contributed by atoms with Gasteiger partial charge in [-0.3, -0.25) is 0 Å². The first-order chi connectivity index (χ1) is 10.6. The number of nitrogens with zero attached hydrogens (tertiary/aromatic N) is 2. The number of aromatic nitrogens is 2. The minimum atomic E-state index is -0.459. The molecule has 0 saturated heterocycles. The molecule has 1 aromatic heterocycles. The van der Waals surface area contributed by atoms with Crippen LogP contribution in [0.2, 0.25) is 5.28 Å². The highest BCUT2D eigenvalue weighted by molar-refractivity contribution is 6.28. The van der Waals surface area contributed by atoms with Crippen LogP contribution in [0.25, 0.3) is 0 Å². The van der Waals surface area contributed by atoms with Gasteiger partial charge in [0.15, 0.2) is 0 Å². The van der Waals surface area contributed by atoms with Gasteiger partial charge in [-0.1, -0.05) is 30.3 Å². The zero-order valence-corrected chi connectivity index (χ0v) is 12.9. The van der Waals surface area contributed by atoms with Crippen molar-refractivity contribution in [2.24, 2.45) is 0 Å². The van der Waals surface area contributed by atoms with Gasteiger partial charge in [-0.05, 0) is 30.2 Å². The molecular weight excluding hydrogens is 304 g/mol. The number of anilines is 1. The number of hydrogen-bond donors (Lipinski definition) is 2. The van der Waals surface area contributed by atoms with Crippen molar-refractivity contribution in [3.8, 4) is 0 Å². The molecule has 7 heteroatoms. The van der Waals surface area contributed by atoms with Gasteiger partial charge >= 0.3 is 6.09 Å². The van der Waals surface area contributed by atoms with Gasteiger partial charge in [0.1, 0.15) is 12.4 Å². The lowest BCUT2D eigenvalue weighted by atomic mass is 10.2. The fourth-order valence-corrected chi connectivity index (χ4v) is 1.86. The molecule has 1 aromatic carbocycles. The van der Waals surface area contributed by atoms with Crippen LogP contribution in [0.4, 0.5) is 10.6 Å². The third kappa shape index (κ3) is 5.57. The highest BCUT2D eigenvalue weighted by atomic mass is 35.5. The van der Waals surface area contributed by atoms with Crippen molar-refractivity contribution in [3.05, 3.63) is 53.4 Å². The van der Waals surface area contributed by atoms with Crippen LogP contribution in [0.15, 0.2) is 42.6 Å². The van der Waals surface area contributed by atoms with Gasteiger partial charge in [-0.2, -0.15) is 0 Å². The molecule has 0 radical (unpaired) electrons. The third-order valence-electron chi connectivity index (χ3n) is 2.79. The Hall–Kier alpha value is -2.34. The Balaban J connectivity index is 1.70. The molecule has 0 spiro atoms. The van der Waals surface area contributed by atoms with Crippen LogP contribution in [0.3, 0.4) is 0 Å². The van der Waals surface area contributed by atoms with Gasteiger partial charge in [0.05, 0.1) is 0 Å². The van der Waals surface area contributed by atoms with E-state index in [-0.39, 0.29) is 17.9 Å². The number of halogens is 1. The van der Waals surface area contributed by atoms with Crippen LogP contribution in [-0.4, -0.2) is 28.6 Å². The summed E-state index contributed by atoms with van der Waals surface area (Å²) in [6, 6.07) is 11.1. The predicted molar refractivity (Wildman–Crippen MR) is 84.8 cm³/mol. The van der Waals surface area contributed by atoms with E-state index in [1.165, 1.54) is 0 Å². The molecule has 2 aromatic rings. The summed E-state index contributed by atoms with van der Waals surface area (Å²) in [5.41, 5.74) is 0.944. The lowest BCUT2D eigenvalue weighted by molar-refractivity contribution is 0.137. The van der Waals surface area contributed by atoms with E-state index in [0.717, 1.165) is 5.56 Å². The molecule has 0 aliphatic carbocycles. The minimum absolute atomic E-state index is 0.128. The Bertz CT molecular complexity index is 610. The van der Waals surface area contributed by atoms with Gasteiger partial charge < -0.3 is 15.4 Å². The van der Waals surface area contributed by atoms with E-state index in [9.17, 15) is 4.79 Å².